The van der Waals surface area contributed by atoms with E-state index < -0.39 is 0 Å². The molecule has 28 heavy (non-hydrogen) atoms. The summed E-state index contributed by atoms with van der Waals surface area (Å²) in [5.74, 6) is 1.50. The van der Waals surface area contributed by atoms with Crippen LogP contribution < -0.4 is 21.5 Å². The van der Waals surface area contributed by atoms with E-state index in [0.717, 1.165) is 10.2 Å². The zero-order chi connectivity index (χ0) is 19.9. The van der Waals surface area contributed by atoms with Crippen molar-refractivity contribution in [3.63, 3.8) is 0 Å². The van der Waals surface area contributed by atoms with Crippen LogP contribution in [0.5, 0.6) is 0 Å². The quantitative estimate of drug-likeness (QED) is 0.515. The van der Waals surface area contributed by atoms with Gasteiger partial charge in [0.25, 0.3) is 11.5 Å². The van der Waals surface area contributed by atoms with Crippen molar-refractivity contribution in [1.82, 2.24) is 30.3 Å². The molecule has 10 heteroatoms. The van der Waals surface area contributed by atoms with Crippen LogP contribution in [0.25, 0.3) is 0 Å². The number of nitrogens with zero attached hydrogens (tertiary/aromatic N) is 5. The molecule has 0 aromatic carbocycles. The number of amides is 1. The zero-order valence-electron chi connectivity index (χ0n) is 15.5. The molecule has 1 amide bonds. The molecule has 10 nitrogen and oxygen atoms in total. The lowest BCUT2D eigenvalue weighted by Gasteiger charge is -2.08. The lowest BCUT2D eigenvalue weighted by molar-refractivity contribution is 0.0948. The Morgan fingerprint density at radius 1 is 1.00 bits per heavy atom. The molecule has 0 radical (unpaired) electrons. The van der Waals surface area contributed by atoms with Crippen LogP contribution in [0.15, 0.2) is 47.4 Å². The Kier molecular flexibility index (Phi) is 5.90. The van der Waals surface area contributed by atoms with Gasteiger partial charge < -0.3 is 16.0 Å². The maximum absolute atomic E-state index is 12.0. The van der Waals surface area contributed by atoms with E-state index in [4.69, 9.17) is 0 Å². The van der Waals surface area contributed by atoms with Crippen molar-refractivity contribution >= 4 is 23.4 Å². The van der Waals surface area contributed by atoms with Crippen molar-refractivity contribution in [3.8, 4) is 0 Å². The summed E-state index contributed by atoms with van der Waals surface area (Å²) in [6.07, 6.45) is 1.77. The highest BCUT2D eigenvalue weighted by atomic mass is 16.2. The number of rotatable bonds is 7. The fourth-order valence-electron chi connectivity index (χ4n) is 2.25. The number of carbonyl (C=O) groups is 1. The number of aryl methyl sites for hydroxylation is 2. The molecule has 3 aromatic heterocycles. The smallest absolute Gasteiger partial charge is 0.271 e. The fourth-order valence-corrected chi connectivity index (χ4v) is 2.25. The summed E-state index contributed by atoms with van der Waals surface area (Å²) in [6, 6.07) is 10.1. The molecule has 0 spiro atoms. The number of hydrogen-bond acceptors (Lipinski definition) is 8. The van der Waals surface area contributed by atoms with Gasteiger partial charge in [0.1, 0.15) is 17.3 Å². The van der Waals surface area contributed by atoms with E-state index in [1.165, 1.54) is 19.2 Å². The lowest BCUT2D eigenvalue weighted by Crippen LogP contribution is -2.31. The molecule has 0 aliphatic carbocycles. The molecular weight excluding hydrogens is 360 g/mol. The van der Waals surface area contributed by atoms with E-state index in [1.807, 2.05) is 19.1 Å². The van der Waals surface area contributed by atoms with Gasteiger partial charge in [-0.2, -0.15) is 5.10 Å². The summed E-state index contributed by atoms with van der Waals surface area (Å²) in [5.41, 5.74) is 0.991. The molecular formula is C18H20N8O2. The molecule has 0 aliphatic heterocycles. The second kappa shape index (κ2) is 8.71. The van der Waals surface area contributed by atoms with Crippen molar-refractivity contribution < 1.29 is 4.79 Å². The second-order valence-corrected chi connectivity index (χ2v) is 6.01. The van der Waals surface area contributed by atoms with Crippen LogP contribution in [0.4, 0.5) is 17.5 Å². The normalized spacial score (nSPS) is 10.4. The average molecular weight is 380 g/mol. The first kappa shape index (κ1) is 19.0. The van der Waals surface area contributed by atoms with Crippen LogP contribution in [0.2, 0.25) is 0 Å². The topological polar surface area (TPSA) is 127 Å². The highest BCUT2D eigenvalue weighted by molar-refractivity contribution is 5.91. The Labute approximate surface area is 161 Å². The van der Waals surface area contributed by atoms with Gasteiger partial charge in [0, 0.05) is 32.4 Å². The number of nitrogens with one attached hydrogen (secondary N) is 3. The van der Waals surface area contributed by atoms with Crippen LogP contribution in [0, 0.1) is 6.92 Å². The Morgan fingerprint density at radius 3 is 2.43 bits per heavy atom. The molecule has 0 aliphatic rings. The van der Waals surface area contributed by atoms with Crippen molar-refractivity contribution in [2.45, 2.75) is 6.92 Å². The van der Waals surface area contributed by atoms with E-state index in [1.54, 1.807) is 18.3 Å². The monoisotopic (exact) mass is 380 g/mol. The summed E-state index contributed by atoms with van der Waals surface area (Å²) in [5, 5.41) is 20.9. The number of hydrogen-bond donors (Lipinski definition) is 3. The maximum Gasteiger partial charge on any atom is 0.271 e. The largest absolute Gasteiger partial charge is 0.367 e. The first-order valence-electron chi connectivity index (χ1n) is 8.61. The Bertz CT molecular complexity index is 999. The predicted octanol–water partition coefficient (Wildman–Crippen LogP) is 0.859. The zero-order valence-corrected chi connectivity index (χ0v) is 15.5. The minimum absolute atomic E-state index is 0.182. The molecule has 3 N–H and O–H groups in total. The van der Waals surface area contributed by atoms with Gasteiger partial charge in [0.2, 0.25) is 0 Å². The molecule has 0 fully saturated rings. The van der Waals surface area contributed by atoms with Gasteiger partial charge in [-0.3, -0.25) is 9.59 Å². The van der Waals surface area contributed by atoms with E-state index in [0.29, 0.717) is 30.5 Å². The van der Waals surface area contributed by atoms with Crippen molar-refractivity contribution in [3.05, 3.63) is 64.2 Å². The summed E-state index contributed by atoms with van der Waals surface area (Å²) in [6.45, 7) is 2.79. The van der Waals surface area contributed by atoms with Gasteiger partial charge in [0.05, 0.1) is 0 Å². The van der Waals surface area contributed by atoms with Crippen LogP contribution >= 0.6 is 0 Å². The third-order valence-corrected chi connectivity index (χ3v) is 3.74. The van der Waals surface area contributed by atoms with Gasteiger partial charge in [-0.15, -0.1) is 10.2 Å². The SMILES string of the molecule is Cc1ccc(Nc2ccc(NCCNC(=O)c3ccc(=O)n(C)n3)nn2)nc1. The van der Waals surface area contributed by atoms with Crippen molar-refractivity contribution in [2.75, 3.05) is 23.7 Å². The number of pyridine rings is 1. The molecule has 0 saturated heterocycles. The highest BCUT2D eigenvalue weighted by Gasteiger charge is 2.07. The Morgan fingerprint density at radius 2 is 1.75 bits per heavy atom. The van der Waals surface area contributed by atoms with E-state index in [2.05, 4.69) is 36.2 Å². The van der Waals surface area contributed by atoms with Crippen LogP contribution in [0.1, 0.15) is 16.1 Å². The fraction of sp³-hybridized carbons (Fsp3) is 0.222. The number of aromatic nitrogens is 5. The van der Waals surface area contributed by atoms with Crippen LogP contribution in [-0.4, -0.2) is 44.0 Å². The molecule has 0 unspecified atom stereocenters. The summed E-state index contributed by atoms with van der Waals surface area (Å²) in [4.78, 5) is 27.5. The van der Waals surface area contributed by atoms with Crippen LogP contribution in [0.3, 0.4) is 0 Å². The van der Waals surface area contributed by atoms with Gasteiger partial charge in [-0.05, 0) is 36.8 Å². The predicted molar refractivity (Wildman–Crippen MR) is 105 cm³/mol. The molecule has 0 atom stereocenters. The van der Waals surface area contributed by atoms with E-state index in [9.17, 15) is 9.59 Å². The van der Waals surface area contributed by atoms with Gasteiger partial charge in [-0.1, -0.05) is 6.07 Å². The second-order valence-electron chi connectivity index (χ2n) is 6.01. The third-order valence-electron chi connectivity index (χ3n) is 3.74. The minimum Gasteiger partial charge on any atom is -0.367 e. The molecule has 3 rings (SSSR count). The Balaban J connectivity index is 1.44. The first-order chi connectivity index (χ1) is 13.5. The molecule has 3 heterocycles. The van der Waals surface area contributed by atoms with Crippen molar-refractivity contribution in [2.24, 2.45) is 7.05 Å². The molecule has 0 saturated carbocycles. The Hall–Kier alpha value is -3.82. The lowest BCUT2D eigenvalue weighted by atomic mass is 10.3. The van der Waals surface area contributed by atoms with Gasteiger partial charge in [-0.25, -0.2) is 9.67 Å². The summed E-state index contributed by atoms with van der Waals surface area (Å²) < 4.78 is 1.12. The number of carbonyl (C=O) groups excluding carboxylic acids is 1. The summed E-state index contributed by atoms with van der Waals surface area (Å²) >= 11 is 0. The highest BCUT2D eigenvalue weighted by Crippen LogP contribution is 2.12. The standard InChI is InChI=1S/C18H20N8O2/c1-12-3-5-14(21-11-12)22-16-7-6-15(23-24-16)19-9-10-20-18(28)13-4-8-17(27)26(2)25-13/h3-8,11H,9-10H2,1-2H3,(H,19,23)(H,20,28)(H,21,22,24). The van der Waals surface area contributed by atoms with Gasteiger partial charge >= 0.3 is 0 Å². The number of anilines is 3. The van der Waals surface area contributed by atoms with Gasteiger partial charge in [0.15, 0.2) is 5.82 Å². The first-order valence-corrected chi connectivity index (χ1v) is 8.61. The minimum atomic E-state index is -0.353. The van der Waals surface area contributed by atoms with E-state index in [-0.39, 0.29) is 17.2 Å². The van der Waals surface area contributed by atoms with Crippen LogP contribution in [-0.2, 0) is 7.05 Å². The van der Waals surface area contributed by atoms with E-state index >= 15 is 0 Å². The molecule has 144 valence electrons. The maximum atomic E-state index is 12.0. The van der Waals surface area contributed by atoms with Crippen molar-refractivity contribution in [1.29, 1.82) is 0 Å². The third kappa shape index (κ3) is 5.10. The average Bonchev–Trinajstić information content (AvgIpc) is 2.70. The molecule has 0 bridgehead atoms. The molecule has 3 aromatic rings. The summed E-state index contributed by atoms with van der Waals surface area (Å²) in [7, 11) is 1.49.